The number of halogens is 1. The molecule has 0 fully saturated rings. The van der Waals surface area contributed by atoms with Crippen molar-refractivity contribution in [3.63, 3.8) is 0 Å². The van der Waals surface area contributed by atoms with Gasteiger partial charge in [0.1, 0.15) is 5.82 Å². The van der Waals surface area contributed by atoms with Crippen LogP contribution >= 0.6 is 0 Å². The van der Waals surface area contributed by atoms with Crippen molar-refractivity contribution in [3.8, 4) is 0 Å². The zero-order valence-electron chi connectivity index (χ0n) is 9.61. The van der Waals surface area contributed by atoms with Crippen molar-refractivity contribution in [2.24, 2.45) is 0 Å². The number of nitrogens with one attached hydrogen (secondary N) is 2. The van der Waals surface area contributed by atoms with Crippen LogP contribution in [-0.2, 0) is 4.79 Å². The highest BCUT2D eigenvalue weighted by atomic mass is 19.1. The van der Waals surface area contributed by atoms with Crippen LogP contribution in [0.5, 0.6) is 0 Å². The van der Waals surface area contributed by atoms with E-state index in [2.05, 4.69) is 5.32 Å². The minimum atomic E-state index is -1.40. The molecule has 0 aromatic heterocycles. The zero-order valence-corrected chi connectivity index (χ0v) is 9.61. The Bertz CT molecular complexity index is 464. The average Bonchev–Trinajstić information content (AvgIpc) is 2.30. The summed E-state index contributed by atoms with van der Waals surface area (Å²) < 4.78 is 13.2. The Morgan fingerprint density at radius 1 is 1.44 bits per heavy atom. The predicted octanol–water partition coefficient (Wildman–Crippen LogP) is 0.701. The quantitative estimate of drug-likeness (QED) is 0.637. The third-order valence-corrected chi connectivity index (χ3v) is 2.22. The van der Waals surface area contributed by atoms with Gasteiger partial charge in [0.2, 0.25) is 0 Å². The summed E-state index contributed by atoms with van der Waals surface area (Å²) in [7, 11) is 0. The van der Waals surface area contributed by atoms with E-state index in [1.807, 2.05) is 5.32 Å². The van der Waals surface area contributed by atoms with Crippen molar-refractivity contribution in [2.75, 3.05) is 11.9 Å². The minimum Gasteiger partial charge on any atom is -0.480 e. The summed E-state index contributed by atoms with van der Waals surface area (Å²) >= 11 is 0. The molecule has 1 aromatic rings. The van der Waals surface area contributed by atoms with Crippen LogP contribution in [0.15, 0.2) is 18.2 Å². The number of carboxylic acid groups (broad SMARTS) is 1. The Kier molecular flexibility index (Phi) is 4.61. The highest BCUT2D eigenvalue weighted by Crippen LogP contribution is 2.13. The number of hydrogen-bond donors (Lipinski definition) is 4. The second kappa shape index (κ2) is 5.97. The predicted molar refractivity (Wildman–Crippen MR) is 61.8 cm³/mol. The summed E-state index contributed by atoms with van der Waals surface area (Å²) in [5.41, 5.74) is 0.623. The molecule has 0 aliphatic carbocycles. The van der Waals surface area contributed by atoms with Crippen molar-refractivity contribution in [1.82, 2.24) is 5.32 Å². The third-order valence-electron chi connectivity index (χ3n) is 2.22. The number of anilines is 1. The SMILES string of the molecule is Cc1ccc(NC(=O)N[C@@H](CO)C(=O)O)cc1F. The van der Waals surface area contributed by atoms with E-state index >= 15 is 0 Å². The number of carboxylic acids is 1. The van der Waals surface area contributed by atoms with Crippen LogP contribution in [0.3, 0.4) is 0 Å². The van der Waals surface area contributed by atoms with Crippen molar-refractivity contribution in [1.29, 1.82) is 0 Å². The van der Waals surface area contributed by atoms with E-state index in [4.69, 9.17) is 10.2 Å². The van der Waals surface area contributed by atoms with Gasteiger partial charge in [-0.3, -0.25) is 0 Å². The molecule has 0 radical (unpaired) electrons. The molecule has 1 aromatic carbocycles. The van der Waals surface area contributed by atoms with Gasteiger partial charge in [-0.25, -0.2) is 14.0 Å². The molecule has 0 bridgehead atoms. The van der Waals surface area contributed by atoms with Crippen LogP contribution in [0.1, 0.15) is 5.56 Å². The fourth-order valence-corrected chi connectivity index (χ4v) is 1.18. The number of rotatable bonds is 4. The highest BCUT2D eigenvalue weighted by Gasteiger charge is 2.18. The van der Waals surface area contributed by atoms with Crippen molar-refractivity contribution in [2.45, 2.75) is 13.0 Å². The fraction of sp³-hybridized carbons (Fsp3) is 0.273. The number of amides is 2. The molecule has 0 aliphatic heterocycles. The topological polar surface area (TPSA) is 98.7 Å². The molecule has 4 N–H and O–H groups in total. The first-order chi connectivity index (χ1) is 8.43. The first kappa shape index (κ1) is 13.9. The molecule has 0 saturated heterocycles. The fourth-order valence-electron chi connectivity index (χ4n) is 1.18. The molecule has 0 heterocycles. The molecule has 98 valence electrons. The maximum atomic E-state index is 13.2. The van der Waals surface area contributed by atoms with E-state index in [9.17, 15) is 14.0 Å². The number of benzene rings is 1. The lowest BCUT2D eigenvalue weighted by Crippen LogP contribution is -2.45. The second-order valence-corrected chi connectivity index (χ2v) is 3.64. The molecule has 7 heteroatoms. The second-order valence-electron chi connectivity index (χ2n) is 3.64. The van der Waals surface area contributed by atoms with Crippen LogP contribution in [0, 0.1) is 12.7 Å². The van der Waals surface area contributed by atoms with Gasteiger partial charge >= 0.3 is 12.0 Å². The van der Waals surface area contributed by atoms with Crippen LogP contribution in [-0.4, -0.2) is 34.9 Å². The van der Waals surface area contributed by atoms with Crippen molar-refractivity contribution < 1.29 is 24.2 Å². The van der Waals surface area contributed by atoms with E-state index in [-0.39, 0.29) is 5.69 Å². The van der Waals surface area contributed by atoms with Gasteiger partial charge in [-0.15, -0.1) is 0 Å². The molecule has 0 aliphatic rings. The summed E-state index contributed by atoms with van der Waals surface area (Å²) in [6.07, 6.45) is 0. The van der Waals surface area contributed by atoms with Crippen LogP contribution < -0.4 is 10.6 Å². The summed E-state index contributed by atoms with van der Waals surface area (Å²) in [4.78, 5) is 21.9. The number of aliphatic hydroxyl groups is 1. The lowest BCUT2D eigenvalue weighted by molar-refractivity contribution is -0.140. The number of aliphatic hydroxyl groups excluding tert-OH is 1. The molecule has 0 spiro atoms. The Hall–Kier alpha value is -2.15. The Morgan fingerprint density at radius 3 is 2.61 bits per heavy atom. The van der Waals surface area contributed by atoms with Gasteiger partial charge in [-0.1, -0.05) is 6.07 Å². The normalized spacial score (nSPS) is 11.7. The summed E-state index contributed by atoms with van der Waals surface area (Å²) in [5.74, 6) is -1.84. The van der Waals surface area contributed by atoms with E-state index in [1.54, 1.807) is 6.92 Å². The van der Waals surface area contributed by atoms with Crippen LogP contribution in [0.25, 0.3) is 0 Å². The smallest absolute Gasteiger partial charge is 0.328 e. The Labute approximate surface area is 102 Å². The number of carbonyl (C=O) groups is 2. The van der Waals surface area contributed by atoms with Crippen LogP contribution in [0.4, 0.5) is 14.9 Å². The summed E-state index contributed by atoms with van der Waals surface area (Å²) in [6.45, 7) is 0.844. The van der Waals surface area contributed by atoms with Gasteiger partial charge in [-0.05, 0) is 24.6 Å². The van der Waals surface area contributed by atoms with Crippen molar-refractivity contribution >= 4 is 17.7 Å². The van der Waals surface area contributed by atoms with Gasteiger partial charge in [0.05, 0.1) is 6.61 Å². The molecule has 2 amide bonds. The number of carbonyl (C=O) groups excluding carboxylic acids is 1. The van der Waals surface area contributed by atoms with E-state index in [0.717, 1.165) is 6.07 Å². The number of aryl methyl sites for hydroxylation is 1. The molecular weight excluding hydrogens is 243 g/mol. The summed E-state index contributed by atoms with van der Waals surface area (Å²) in [6, 6.07) is 1.84. The lowest BCUT2D eigenvalue weighted by atomic mass is 10.2. The highest BCUT2D eigenvalue weighted by molar-refractivity contribution is 5.92. The number of hydrogen-bond acceptors (Lipinski definition) is 3. The molecular formula is C11H13FN2O4. The zero-order chi connectivity index (χ0) is 13.7. The van der Waals surface area contributed by atoms with E-state index in [0.29, 0.717) is 5.56 Å². The standard InChI is InChI=1S/C11H13FN2O4/c1-6-2-3-7(4-8(6)12)13-11(18)14-9(5-15)10(16)17/h2-4,9,15H,5H2,1H3,(H,16,17)(H2,13,14,18)/t9-/m0/s1. The molecule has 0 unspecified atom stereocenters. The van der Waals surface area contributed by atoms with Gasteiger partial charge < -0.3 is 20.8 Å². The van der Waals surface area contributed by atoms with Gasteiger partial charge in [0.15, 0.2) is 6.04 Å². The first-order valence-corrected chi connectivity index (χ1v) is 5.11. The maximum Gasteiger partial charge on any atom is 0.328 e. The molecule has 0 saturated carbocycles. The van der Waals surface area contributed by atoms with Crippen molar-refractivity contribution in [3.05, 3.63) is 29.6 Å². The molecule has 1 rings (SSSR count). The largest absolute Gasteiger partial charge is 0.480 e. The van der Waals surface area contributed by atoms with Gasteiger partial charge in [0.25, 0.3) is 0 Å². The molecule has 1 atom stereocenters. The lowest BCUT2D eigenvalue weighted by Gasteiger charge is -2.12. The van der Waals surface area contributed by atoms with Crippen LogP contribution in [0.2, 0.25) is 0 Å². The Balaban J connectivity index is 2.64. The molecule has 18 heavy (non-hydrogen) atoms. The minimum absolute atomic E-state index is 0.192. The monoisotopic (exact) mass is 256 g/mol. The maximum absolute atomic E-state index is 13.2. The average molecular weight is 256 g/mol. The van der Waals surface area contributed by atoms with Gasteiger partial charge in [0, 0.05) is 5.69 Å². The first-order valence-electron chi connectivity index (χ1n) is 5.11. The Morgan fingerprint density at radius 2 is 2.11 bits per heavy atom. The van der Waals surface area contributed by atoms with E-state index in [1.165, 1.54) is 12.1 Å². The van der Waals surface area contributed by atoms with E-state index < -0.39 is 30.5 Å². The number of urea groups is 1. The van der Waals surface area contributed by atoms with Gasteiger partial charge in [-0.2, -0.15) is 0 Å². The molecule has 6 nitrogen and oxygen atoms in total. The third kappa shape index (κ3) is 3.70. The number of aliphatic carboxylic acids is 1. The summed E-state index contributed by atoms with van der Waals surface area (Å²) in [5, 5.41) is 21.6.